The van der Waals surface area contributed by atoms with Crippen molar-refractivity contribution in [2.75, 3.05) is 0 Å². The first-order valence-electron chi connectivity index (χ1n) is 3.42. The molecule has 0 aliphatic rings. The van der Waals surface area contributed by atoms with Crippen molar-refractivity contribution in [2.24, 2.45) is 0 Å². The molecule has 2 nitrogen and oxygen atoms in total. The summed E-state index contributed by atoms with van der Waals surface area (Å²) in [6.45, 7) is 1.40. The summed E-state index contributed by atoms with van der Waals surface area (Å²) >= 11 is 0. The van der Waals surface area contributed by atoms with E-state index in [1.165, 1.54) is 6.92 Å². The van der Waals surface area contributed by atoms with Crippen LogP contribution in [0.4, 0.5) is 13.2 Å². The quantitative estimate of drug-likeness (QED) is 0.619. The van der Waals surface area contributed by atoms with Crippen molar-refractivity contribution in [2.45, 2.75) is 13.1 Å². The van der Waals surface area contributed by atoms with E-state index in [1.807, 2.05) is 0 Å². The second kappa shape index (κ2) is 2.83. The van der Waals surface area contributed by atoms with E-state index in [0.717, 1.165) is 12.1 Å². The molecule has 0 spiro atoms. The van der Waals surface area contributed by atoms with Gasteiger partial charge in [0, 0.05) is 0 Å². The highest BCUT2D eigenvalue weighted by atomic mass is 19.4. The maximum absolute atomic E-state index is 12.1. The Kier molecular flexibility index (Phi) is 2.11. The van der Waals surface area contributed by atoms with E-state index in [2.05, 4.69) is 0 Å². The van der Waals surface area contributed by atoms with Crippen LogP contribution in [0, 0.1) is 6.92 Å². The first-order chi connectivity index (χ1) is 5.82. The molecular weight excluding hydrogens is 185 g/mol. The summed E-state index contributed by atoms with van der Waals surface area (Å²) in [5.41, 5.74) is -0.979. The van der Waals surface area contributed by atoms with Gasteiger partial charge < -0.3 is 10.2 Å². The molecule has 0 saturated heterocycles. The molecule has 0 aromatic heterocycles. The molecule has 72 valence electrons. The third-order valence-corrected chi connectivity index (χ3v) is 1.54. The molecule has 0 radical (unpaired) electrons. The number of phenolic OH excluding ortho intramolecular Hbond substituents is 2. The molecule has 2 N–H and O–H groups in total. The second-order valence-corrected chi connectivity index (χ2v) is 2.68. The van der Waals surface area contributed by atoms with E-state index in [-0.39, 0.29) is 5.56 Å². The van der Waals surface area contributed by atoms with Gasteiger partial charge in [0.1, 0.15) is 5.56 Å². The van der Waals surface area contributed by atoms with E-state index in [1.54, 1.807) is 0 Å². The highest BCUT2D eigenvalue weighted by molar-refractivity contribution is 5.48. The molecule has 13 heavy (non-hydrogen) atoms. The lowest BCUT2D eigenvalue weighted by Gasteiger charge is -2.10. The molecule has 0 amide bonds. The minimum Gasteiger partial charge on any atom is -0.504 e. The first-order valence-corrected chi connectivity index (χ1v) is 3.42. The molecule has 0 heterocycles. The Bertz CT molecular complexity index is 331. The summed E-state index contributed by atoms with van der Waals surface area (Å²) in [6, 6.07) is 1.83. The lowest BCUT2D eigenvalue weighted by Crippen LogP contribution is -2.05. The van der Waals surface area contributed by atoms with Crippen molar-refractivity contribution in [3.05, 3.63) is 23.3 Å². The Hall–Kier alpha value is -1.39. The predicted octanol–water partition coefficient (Wildman–Crippen LogP) is 2.43. The molecule has 1 aromatic rings. The fourth-order valence-electron chi connectivity index (χ4n) is 0.976. The average Bonchev–Trinajstić information content (AvgIpc) is 1.94. The van der Waals surface area contributed by atoms with Gasteiger partial charge >= 0.3 is 6.18 Å². The number of halogens is 3. The number of hydrogen-bond donors (Lipinski definition) is 2. The summed E-state index contributed by atoms with van der Waals surface area (Å²) in [5, 5.41) is 17.8. The van der Waals surface area contributed by atoms with Gasteiger partial charge in [-0.05, 0) is 24.6 Å². The van der Waals surface area contributed by atoms with Crippen LogP contribution in [0.5, 0.6) is 11.5 Å². The molecule has 1 rings (SSSR count). The van der Waals surface area contributed by atoms with Crippen molar-refractivity contribution in [3.63, 3.8) is 0 Å². The number of alkyl halides is 3. The Labute approximate surface area is 72.2 Å². The zero-order valence-corrected chi connectivity index (χ0v) is 6.68. The van der Waals surface area contributed by atoms with Crippen LogP contribution in [0.15, 0.2) is 12.1 Å². The number of rotatable bonds is 0. The van der Waals surface area contributed by atoms with Crippen LogP contribution in [-0.4, -0.2) is 10.2 Å². The van der Waals surface area contributed by atoms with Gasteiger partial charge in [-0.15, -0.1) is 0 Å². The van der Waals surface area contributed by atoms with Crippen LogP contribution < -0.4 is 0 Å². The molecule has 0 aliphatic heterocycles. The second-order valence-electron chi connectivity index (χ2n) is 2.68. The SMILES string of the molecule is Cc1cc(O)c(O)c(C(F)(F)F)c1. The number of hydrogen-bond acceptors (Lipinski definition) is 2. The molecule has 0 unspecified atom stereocenters. The van der Waals surface area contributed by atoms with Crippen molar-refractivity contribution in [1.29, 1.82) is 0 Å². The predicted molar refractivity (Wildman–Crippen MR) is 39.5 cm³/mol. The Morgan fingerprint density at radius 1 is 1.15 bits per heavy atom. The summed E-state index contributed by atoms with van der Waals surface area (Å²) in [6.07, 6.45) is -4.65. The summed E-state index contributed by atoms with van der Waals surface area (Å²) in [7, 11) is 0. The van der Waals surface area contributed by atoms with Crippen LogP contribution in [-0.2, 0) is 6.18 Å². The fraction of sp³-hybridized carbons (Fsp3) is 0.250. The Balaban J connectivity index is 3.37. The third-order valence-electron chi connectivity index (χ3n) is 1.54. The van der Waals surface area contributed by atoms with E-state index < -0.39 is 23.2 Å². The van der Waals surface area contributed by atoms with E-state index >= 15 is 0 Å². The van der Waals surface area contributed by atoms with Crippen molar-refractivity contribution >= 4 is 0 Å². The zero-order valence-electron chi connectivity index (χ0n) is 6.68. The van der Waals surface area contributed by atoms with Gasteiger partial charge in [-0.2, -0.15) is 13.2 Å². The molecule has 0 bridgehead atoms. The monoisotopic (exact) mass is 192 g/mol. The Morgan fingerprint density at radius 3 is 2.15 bits per heavy atom. The number of benzene rings is 1. The molecular formula is C8H7F3O2. The fourth-order valence-corrected chi connectivity index (χ4v) is 0.976. The third kappa shape index (κ3) is 1.85. The highest BCUT2D eigenvalue weighted by Crippen LogP contribution is 2.40. The summed E-state index contributed by atoms with van der Waals surface area (Å²) in [4.78, 5) is 0. The van der Waals surface area contributed by atoms with Crippen LogP contribution in [0.3, 0.4) is 0 Å². The topological polar surface area (TPSA) is 40.5 Å². The van der Waals surface area contributed by atoms with Gasteiger partial charge in [0.05, 0.1) is 0 Å². The average molecular weight is 192 g/mol. The van der Waals surface area contributed by atoms with E-state index in [9.17, 15) is 13.2 Å². The zero-order chi connectivity index (χ0) is 10.2. The molecule has 0 aliphatic carbocycles. The summed E-state index contributed by atoms with van der Waals surface area (Å²) in [5.74, 6) is -1.88. The molecule has 5 heteroatoms. The van der Waals surface area contributed by atoms with Crippen LogP contribution in [0.1, 0.15) is 11.1 Å². The van der Waals surface area contributed by atoms with Crippen molar-refractivity contribution in [3.8, 4) is 11.5 Å². The minimum absolute atomic E-state index is 0.239. The van der Waals surface area contributed by atoms with Crippen molar-refractivity contribution < 1.29 is 23.4 Å². The van der Waals surface area contributed by atoms with E-state index in [4.69, 9.17) is 10.2 Å². The van der Waals surface area contributed by atoms with Crippen LogP contribution >= 0.6 is 0 Å². The molecule has 0 atom stereocenters. The normalized spacial score (nSPS) is 11.7. The molecule has 0 saturated carbocycles. The number of aromatic hydroxyl groups is 2. The van der Waals surface area contributed by atoms with Gasteiger partial charge in [0.2, 0.25) is 0 Å². The van der Waals surface area contributed by atoms with Crippen LogP contribution in [0.2, 0.25) is 0 Å². The van der Waals surface area contributed by atoms with Gasteiger partial charge in [-0.1, -0.05) is 0 Å². The maximum Gasteiger partial charge on any atom is 0.420 e. The number of aryl methyl sites for hydroxylation is 1. The lowest BCUT2D eigenvalue weighted by molar-refractivity contribution is -0.138. The van der Waals surface area contributed by atoms with E-state index in [0.29, 0.717) is 0 Å². The standard InChI is InChI=1S/C8H7F3O2/c1-4-2-5(8(9,10)11)7(13)6(12)3-4/h2-3,12-13H,1H3. The first kappa shape index (κ1) is 9.70. The summed E-state index contributed by atoms with van der Waals surface area (Å²) < 4.78 is 36.4. The smallest absolute Gasteiger partial charge is 0.420 e. The van der Waals surface area contributed by atoms with Gasteiger partial charge in [-0.25, -0.2) is 0 Å². The molecule has 0 fully saturated rings. The largest absolute Gasteiger partial charge is 0.504 e. The molecule has 1 aromatic carbocycles. The van der Waals surface area contributed by atoms with Gasteiger partial charge in [0.15, 0.2) is 11.5 Å². The van der Waals surface area contributed by atoms with Gasteiger partial charge in [-0.3, -0.25) is 0 Å². The van der Waals surface area contributed by atoms with Crippen LogP contribution in [0.25, 0.3) is 0 Å². The Morgan fingerprint density at radius 2 is 1.69 bits per heavy atom. The maximum atomic E-state index is 12.1. The lowest BCUT2D eigenvalue weighted by atomic mass is 10.1. The highest BCUT2D eigenvalue weighted by Gasteiger charge is 2.35. The van der Waals surface area contributed by atoms with Gasteiger partial charge in [0.25, 0.3) is 0 Å². The number of phenols is 2. The van der Waals surface area contributed by atoms with Crippen molar-refractivity contribution in [1.82, 2.24) is 0 Å². The minimum atomic E-state index is -4.65.